The smallest absolute Gasteiger partial charge is 0.283 e. The predicted octanol–water partition coefficient (Wildman–Crippen LogP) is 5.65. The maximum atomic E-state index is 12.3. The van der Waals surface area contributed by atoms with Crippen LogP contribution in [0.25, 0.3) is 44.8 Å². The lowest BCUT2D eigenvalue weighted by molar-refractivity contribution is 0.102. The molecule has 0 bridgehead atoms. The van der Waals surface area contributed by atoms with Gasteiger partial charge in [0.1, 0.15) is 11.3 Å². The van der Waals surface area contributed by atoms with Crippen molar-refractivity contribution >= 4 is 33.3 Å². The number of fused-ring (bicyclic) bond motifs is 3. The molecule has 0 aliphatic rings. The number of aromatic nitrogens is 4. The van der Waals surface area contributed by atoms with Gasteiger partial charge in [0, 0.05) is 22.8 Å². The first-order valence-corrected chi connectivity index (χ1v) is 10.6. The van der Waals surface area contributed by atoms with E-state index >= 15 is 0 Å². The Morgan fingerprint density at radius 2 is 1.65 bits per heavy atom. The van der Waals surface area contributed by atoms with Gasteiger partial charge in [-0.25, -0.2) is 4.98 Å². The summed E-state index contributed by atoms with van der Waals surface area (Å²) in [5.41, 5.74) is 3.07. The first-order valence-electron chi connectivity index (χ1n) is 10.6. The highest BCUT2D eigenvalue weighted by Gasteiger charge is 2.16. The number of carbonyl (C=O) groups is 1. The molecule has 34 heavy (non-hydrogen) atoms. The zero-order valence-corrected chi connectivity index (χ0v) is 18.0. The van der Waals surface area contributed by atoms with Crippen LogP contribution in [0.2, 0.25) is 0 Å². The number of nitrogens with zero attached hydrogens (tertiary/aromatic N) is 4. The highest BCUT2D eigenvalue weighted by atomic mass is 16.4. The molecule has 0 fully saturated rings. The Labute approximate surface area is 193 Å². The van der Waals surface area contributed by atoms with Gasteiger partial charge in [0.05, 0.1) is 11.9 Å². The molecular weight excluding hydrogens is 430 g/mol. The first kappa shape index (κ1) is 19.8. The monoisotopic (exact) mass is 447 g/mol. The molecular formula is C26H17N5O3. The predicted molar refractivity (Wildman–Crippen MR) is 127 cm³/mol. The quantitative estimate of drug-likeness (QED) is 0.372. The van der Waals surface area contributed by atoms with Crippen LogP contribution >= 0.6 is 0 Å². The van der Waals surface area contributed by atoms with Crippen molar-refractivity contribution in [1.82, 2.24) is 20.2 Å². The molecule has 3 aromatic carbocycles. The van der Waals surface area contributed by atoms with Crippen LogP contribution in [0.5, 0.6) is 0 Å². The number of hydrogen-bond donors (Lipinski definition) is 1. The van der Waals surface area contributed by atoms with Crippen LogP contribution in [-0.2, 0) is 0 Å². The molecule has 8 heteroatoms. The SMILES string of the molecule is Cc1cnc(C(=O)Nc2ccc(-c3nnc(-c4cc5c(ccc6ccccc65)o4)o3)cc2)cn1. The Morgan fingerprint density at radius 1 is 0.824 bits per heavy atom. The summed E-state index contributed by atoms with van der Waals surface area (Å²) in [5.74, 6) is 0.819. The van der Waals surface area contributed by atoms with Crippen LogP contribution in [0.1, 0.15) is 16.2 Å². The normalized spacial score (nSPS) is 11.2. The summed E-state index contributed by atoms with van der Waals surface area (Å²) >= 11 is 0. The van der Waals surface area contributed by atoms with Gasteiger partial charge >= 0.3 is 0 Å². The lowest BCUT2D eigenvalue weighted by Gasteiger charge is -2.05. The summed E-state index contributed by atoms with van der Waals surface area (Å²) < 4.78 is 11.8. The second-order valence-corrected chi connectivity index (χ2v) is 7.80. The van der Waals surface area contributed by atoms with E-state index in [4.69, 9.17) is 8.83 Å². The number of nitrogens with one attached hydrogen (secondary N) is 1. The molecule has 0 saturated heterocycles. The number of amides is 1. The molecule has 0 spiro atoms. The average molecular weight is 447 g/mol. The topological polar surface area (TPSA) is 107 Å². The van der Waals surface area contributed by atoms with E-state index in [9.17, 15) is 4.79 Å². The second kappa shape index (κ2) is 7.93. The van der Waals surface area contributed by atoms with Crippen molar-refractivity contribution in [2.75, 3.05) is 5.32 Å². The van der Waals surface area contributed by atoms with E-state index in [1.807, 2.05) is 37.3 Å². The highest BCUT2D eigenvalue weighted by Crippen LogP contribution is 2.33. The molecule has 8 nitrogen and oxygen atoms in total. The third kappa shape index (κ3) is 3.57. The molecule has 3 heterocycles. The number of hydrogen-bond acceptors (Lipinski definition) is 7. The molecule has 0 unspecified atom stereocenters. The minimum Gasteiger partial charge on any atom is -0.451 e. The van der Waals surface area contributed by atoms with E-state index < -0.39 is 0 Å². The van der Waals surface area contributed by atoms with Crippen molar-refractivity contribution < 1.29 is 13.6 Å². The maximum Gasteiger partial charge on any atom is 0.283 e. The van der Waals surface area contributed by atoms with E-state index in [1.165, 1.54) is 6.20 Å². The van der Waals surface area contributed by atoms with Gasteiger partial charge in [0.25, 0.3) is 11.8 Å². The van der Waals surface area contributed by atoms with Crippen molar-refractivity contribution in [3.05, 3.63) is 90.5 Å². The zero-order chi connectivity index (χ0) is 23.1. The second-order valence-electron chi connectivity index (χ2n) is 7.80. The maximum absolute atomic E-state index is 12.3. The molecule has 6 rings (SSSR count). The third-order valence-electron chi connectivity index (χ3n) is 5.47. The van der Waals surface area contributed by atoms with Crippen LogP contribution < -0.4 is 5.32 Å². The summed E-state index contributed by atoms with van der Waals surface area (Å²) in [6.45, 7) is 1.81. The Hall–Kier alpha value is -4.85. The Morgan fingerprint density at radius 3 is 2.47 bits per heavy atom. The number of furan rings is 1. The average Bonchev–Trinajstić information content (AvgIpc) is 3.53. The van der Waals surface area contributed by atoms with Gasteiger partial charge in [0.15, 0.2) is 5.76 Å². The summed E-state index contributed by atoms with van der Waals surface area (Å²) in [7, 11) is 0. The summed E-state index contributed by atoms with van der Waals surface area (Å²) in [6, 6.07) is 21.1. The summed E-state index contributed by atoms with van der Waals surface area (Å²) in [6.07, 6.45) is 3.00. The molecule has 0 radical (unpaired) electrons. The Balaban J connectivity index is 1.23. The fraction of sp³-hybridized carbons (Fsp3) is 0.0385. The number of carbonyl (C=O) groups excluding carboxylic acids is 1. The van der Waals surface area contributed by atoms with Gasteiger partial charge in [-0.15, -0.1) is 10.2 Å². The molecule has 0 saturated carbocycles. The third-order valence-corrected chi connectivity index (χ3v) is 5.47. The van der Waals surface area contributed by atoms with Crippen molar-refractivity contribution in [1.29, 1.82) is 0 Å². The summed E-state index contributed by atoms with van der Waals surface area (Å²) in [5, 5.41) is 14.3. The molecule has 0 aliphatic heterocycles. The van der Waals surface area contributed by atoms with Gasteiger partial charge in [-0.05, 0) is 54.1 Å². The first-order chi connectivity index (χ1) is 16.6. The molecule has 164 valence electrons. The zero-order valence-electron chi connectivity index (χ0n) is 18.0. The van der Waals surface area contributed by atoms with Gasteiger partial charge in [-0.2, -0.15) is 0 Å². The van der Waals surface area contributed by atoms with Crippen LogP contribution in [0.15, 0.2) is 88.0 Å². The van der Waals surface area contributed by atoms with E-state index in [2.05, 4.69) is 37.6 Å². The van der Waals surface area contributed by atoms with Crippen LogP contribution in [0.4, 0.5) is 5.69 Å². The van der Waals surface area contributed by atoms with E-state index in [0.717, 1.165) is 27.4 Å². The van der Waals surface area contributed by atoms with E-state index in [-0.39, 0.29) is 11.6 Å². The summed E-state index contributed by atoms with van der Waals surface area (Å²) in [4.78, 5) is 20.5. The molecule has 0 aliphatic carbocycles. The Bertz CT molecular complexity index is 1650. The largest absolute Gasteiger partial charge is 0.451 e. The van der Waals surface area contributed by atoms with Gasteiger partial charge < -0.3 is 14.2 Å². The van der Waals surface area contributed by atoms with Crippen LogP contribution in [0, 0.1) is 6.92 Å². The van der Waals surface area contributed by atoms with Crippen molar-refractivity contribution in [2.45, 2.75) is 6.92 Å². The van der Waals surface area contributed by atoms with Gasteiger partial charge in [-0.3, -0.25) is 9.78 Å². The fourth-order valence-corrected chi connectivity index (χ4v) is 3.74. The number of anilines is 1. The molecule has 1 N–H and O–H groups in total. The van der Waals surface area contributed by atoms with Crippen LogP contribution in [-0.4, -0.2) is 26.1 Å². The van der Waals surface area contributed by atoms with Gasteiger partial charge in [-0.1, -0.05) is 30.3 Å². The van der Waals surface area contributed by atoms with E-state index in [1.54, 1.807) is 30.5 Å². The molecule has 6 aromatic rings. The lowest BCUT2D eigenvalue weighted by Crippen LogP contribution is -2.14. The molecule has 3 aromatic heterocycles. The minimum atomic E-state index is -0.335. The number of rotatable bonds is 4. The Kier molecular flexibility index (Phi) is 4.62. The lowest BCUT2D eigenvalue weighted by atomic mass is 10.1. The van der Waals surface area contributed by atoms with Crippen molar-refractivity contribution in [2.24, 2.45) is 0 Å². The standard InChI is InChI=1S/C26H17N5O3/c1-15-13-28-21(14-27-15)24(32)29-18-9-6-17(7-10-18)25-30-31-26(34-25)23-12-20-19-5-3-2-4-16(19)8-11-22(20)33-23/h2-14H,1H3,(H,29,32). The van der Waals surface area contributed by atoms with Crippen molar-refractivity contribution in [3.8, 4) is 23.1 Å². The molecule has 1 amide bonds. The fourth-order valence-electron chi connectivity index (χ4n) is 3.74. The van der Waals surface area contributed by atoms with Crippen molar-refractivity contribution in [3.63, 3.8) is 0 Å². The molecule has 0 atom stereocenters. The number of aryl methyl sites for hydroxylation is 1. The number of benzene rings is 3. The highest BCUT2D eigenvalue weighted by molar-refractivity contribution is 6.06. The van der Waals surface area contributed by atoms with E-state index in [0.29, 0.717) is 28.8 Å². The minimum absolute atomic E-state index is 0.245. The van der Waals surface area contributed by atoms with Gasteiger partial charge in [0.2, 0.25) is 5.89 Å². The van der Waals surface area contributed by atoms with Crippen LogP contribution in [0.3, 0.4) is 0 Å².